The summed E-state index contributed by atoms with van der Waals surface area (Å²) in [4.78, 5) is 0. The van der Waals surface area contributed by atoms with E-state index in [1.165, 1.54) is 10.7 Å². The van der Waals surface area contributed by atoms with Gasteiger partial charge in [-0.1, -0.05) is 13.8 Å². The number of rotatable bonds is 3. The van der Waals surface area contributed by atoms with Crippen molar-refractivity contribution in [3.05, 3.63) is 40.1 Å². The van der Waals surface area contributed by atoms with Crippen molar-refractivity contribution in [2.45, 2.75) is 33.1 Å². The molecule has 0 bridgehead atoms. The molecule has 113 valence electrons. The van der Waals surface area contributed by atoms with E-state index >= 15 is 0 Å². The zero-order chi connectivity index (χ0) is 15.8. The van der Waals surface area contributed by atoms with Gasteiger partial charge >= 0.3 is 6.36 Å². The first-order valence-electron chi connectivity index (χ1n) is 6.21. The van der Waals surface area contributed by atoms with Crippen LogP contribution in [0.4, 0.5) is 13.2 Å². The van der Waals surface area contributed by atoms with Crippen LogP contribution in [-0.2, 0) is 0 Å². The van der Waals surface area contributed by atoms with Crippen molar-refractivity contribution >= 4 is 15.9 Å². The van der Waals surface area contributed by atoms with Gasteiger partial charge < -0.3 is 4.74 Å². The van der Waals surface area contributed by atoms with Gasteiger partial charge in [0, 0.05) is 0 Å². The molecule has 0 atom stereocenters. The Balaban J connectivity index is 2.54. The summed E-state index contributed by atoms with van der Waals surface area (Å²) >= 11 is 3.31. The minimum Gasteiger partial charge on any atom is -0.403 e. The third-order valence-corrected chi connectivity index (χ3v) is 3.33. The van der Waals surface area contributed by atoms with Gasteiger partial charge in [0.05, 0.1) is 5.69 Å². The van der Waals surface area contributed by atoms with Crippen LogP contribution < -0.4 is 4.74 Å². The molecule has 2 rings (SSSR count). The number of aromatic nitrogens is 2. The molecule has 0 aliphatic rings. The molecule has 0 saturated heterocycles. The van der Waals surface area contributed by atoms with Crippen molar-refractivity contribution < 1.29 is 17.9 Å². The molecule has 1 aromatic carbocycles. The maximum Gasteiger partial charge on any atom is 0.573 e. The molecule has 2 aromatic rings. The summed E-state index contributed by atoms with van der Waals surface area (Å²) in [6.07, 6.45) is -4.77. The number of halogens is 4. The van der Waals surface area contributed by atoms with E-state index in [2.05, 4.69) is 31.8 Å². The number of hydrogen-bond donors (Lipinski definition) is 0. The van der Waals surface area contributed by atoms with Crippen LogP contribution in [0.3, 0.4) is 0 Å². The van der Waals surface area contributed by atoms with Gasteiger partial charge in [0.15, 0.2) is 5.75 Å². The molecular weight excluding hydrogens is 349 g/mol. The van der Waals surface area contributed by atoms with Gasteiger partial charge in [-0.3, -0.25) is 0 Å². The molecule has 3 nitrogen and oxygen atoms in total. The Kier molecular flexibility index (Phi) is 4.32. The van der Waals surface area contributed by atoms with E-state index in [0.717, 1.165) is 5.69 Å². The predicted molar refractivity (Wildman–Crippen MR) is 75.6 cm³/mol. The maximum absolute atomic E-state index is 12.5. The molecule has 0 unspecified atom stereocenters. The molecule has 1 aromatic heterocycles. The first-order chi connectivity index (χ1) is 9.67. The molecule has 1 radical (unpaired) electrons. The van der Waals surface area contributed by atoms with Crippen molar-refractivity contribution in [2.75, 3.05) is 0 Å². The lowest BCUT2D eigenvalue weighted by Gasteiger charge is -2.14. The Bertz CT molecular complexity index is 650. The fourth-order valence-electron chi connectivity index (χ4n) is 1.77. The number of ether oxygens (including phenoxy) is 1. The van der Waals surface area contributed by atoms with Crippen LogP contribution in [0.2, 0.25) is 0 Å². The number of benzene rings is 1. The fraction of sp³-hybridized carbons (Fsp3) is 0.357. The average Bonchev–Trinajstić information content (AvgIpc) is 2.72. The third kappa shape index (κ3) is 3.78. The summed E-state index contributed by atoms with van der Waals surface area (Å²) in [5.74, 6) is -0.182. The molecule has 0 fully saturated rings. The van der Waals surface area contributed by atoms with E-state index in [-0.39, 0.29) is 17.4 Å². The monoisotopic (exact) mass is 361 g/mol. The molecule has 0 saturated carbocycles. The van der Waals surface area contributed by atoms with Crippen LogP contribution >= 0.6 is 15.9 Å². The molecule has 21 heavy (non-hydrogen) atoms. The highest BCUT2D eigenvalue weighted by Crippen LogP contribution is 2.32. The van der Waals surface area contributed by atoms with Crippen molar-refractivity contribution in [3.8, 4) is 11.4 Å². The number of alkyl halides is 3. The van der Waals surface area contributed by atoms with E-state index in [1.54, 1.807) is 19.1 Å². The quantitative estimate of drug-likeness (QED) is 0.787. The van der Waals surface area contributed by atoms with E-state index in [0.29, 0.717) is 10.2 Å². The fourth-order valence-corrected chi connectivity index (χ4v) is 2.27. The highest BCUT2D eigenvalue weighted by molar-refractivity contribution is 9.10. The lowest BCUT2D eigenvalue weighted by Crippen LogP contribution is -2.18. The maximum atomic E-state index is 12.5. The van der Waals surface area contributed by atoms with E-state index in [9.17, 15) is 13.2 Å². The Hall–Kier alpha value is -1.50. The van der Waals surface area contributed by atoms with Gasteiger partial charge in [-0.25, -0.2) is 4.68 Å². The van der Waals surface area contributed by atoms with Crippen LogP contribution in [0.15, 0.2) is 22.8 Å². The highest BCUT2D eigenvalue weighted by Gasteiger charge is 2.32. The lowest BCUT2D eigenvalue weighted by molar-refractivity contribution is -0.274. The normalized spacial score (nSPS) is 12.0. The zero-order valence-corrected chi connectivity index (χ0v) is 13.2. The number of aryl methyl sites for hydroxylation is 1. The summed E-state index contributed by atoms with van der Waals surface area (Å²) in [7, 11) is 0. The standard InChI is InChI=1S/C14H13BrF3N2O/c1-8(2)10-7-13(15)20(19-10)11-6-9(3)4-5-12(11)21-14(16,17)18/h5-8H,1-3H3. The molecule has 0 aliphatic heterocycles. The molecule has 0 aliphatic carbocycles. The average molecular weight is 362 g/mol. The van der Waals surface area contributed by atoms with Gasteiger partial charge in [-0.05, 0) is 58.6 Å². The summed E-state index contributed by atoms with van der Waals surface area (Å²) in [5, 5.41) is 4.32. The van der Waals surface area contributed by atoms with E-state index in [1.807, 2.05) is 13.8 Å². The SMILES string of the molecule is Cc1[c]cc(OC(F)(F)F)c(-n2nc(C(C)C)cc2Br)c1. The van der Waals surface area contributed by atoms with Crippen LogP contribution in [0.25, 0.3) is 5.69 Å². The van der Waals surface area contributed by atoms with Crippen molar-refractivity contribution in [1.82, 2.24) is 9.78 Å². The Morgan fingerprint density at radius 3 is 2.52 bits per heavy atom. The summed E-state index contributed by atoms with van der Waals surface area (Å²) in [5.41, 5.74) is 1.67. The highest BCUT2D eigenvalue weighted by atomic mass is 79.9. The largest absolute Gasteiger partial charge is 0.573 e. The second kappa shape index (κ2) is 5.71. The smallest absolute Gasteiger partial charge is 0.403 e. The number of hydrogen-bond acceptors (Lipinski definition) is 2. The predicted octanol–water partition coefficient (Wildman–Crippen LogP) is 4.77. The van der Waals surface area contributed by atoms with Crippen molar-refractivity contribution in [3.63, 3.8) is 0 Å². The lowest BCUT2D eigenvalue weighted by atomic mass is 10.1. The van der Waals surface area contributed by atoms with Gasteiger partial charge in [0.2, 0.25) is 0 Å². The van der Waals surface area contributed by atoms with Crippen LogP contribution in [0.1, 0.15) is 31.0 Å². The van der Waals surface area contributed by atoms with E-state index < -0.39 is 6.36 Å². The second-order valence-electron chi connectivity index (χ2n) is 4.87. The summed E-state index contributed by atoms with van der Waals surface area (Å²) in [6, 6.07) is 7.18. The first-order valence-corrected chi connectivity index (χ1v) is 7.00. The summed E-state index contributed by atoms with van der Waals surface area (Å²) < 4.78 is 43.5. The molecular formula is C14H13BrF3N2O. The Morgan fingerprint density at radius 1 is 1.33 bits per heavy atom. The van der Waals surface area contributed by atoms with Crippen molar-refractivity contribution in [2.24, 2.45) is 0 Å². The minimum absolute atomic E-state index is 0.158. The molecule has 0 amide bonds. The number of nitrogens with zero attached hydrogens (tertiary/aromatic N) is 2. The van der Waals surface area contributed by atoms with Gasteiger partial charge in [0.25, 0.3) is 0 Å². The molecule has 0 N–H and O–H groups in total. The van der Waals surface area contributed by atoms with Crippen LogP contribution in [0.5, 0.6) is 5.75 Å². The van der Waals surface area contributed by atoms with Gasteiger partial charge in [0.1, 0.15) is 10.3 Å². The van der Waals surface area contributed by atoms with Gasteiger partial charge in [-0.15, -0.1) is 13.2 Å². The molecule has 0 spiro atoms. The van der Waals surface area contributed by atoms with Gasteiger partial charge in [-0.2, -0.15) is 5.10 Å². The molecule has 7 heteroatoms. The Morgan fingerprint density at radius 2 is 2.00 bits per heavy atom. The minimum atomic E-state index is -4.77. The topological polar surface area (TPSA) is 27.1 Å². The third-order valence-electron chi connectivity index (χ3n) is 2.77. The van der Waals surface area contributed by atoms with Crippen LogP contribution in [-0.4, -0.2) is 16.1 Å². The zero-order valence-electron chi connectivity index (χ0n) is 11.6. The Labute approximate surface area is 128 Å². The molecule has 1 heterocycles. The second-order valence-corrected chi connectivity index (χ2v) is 5.68. The van der Waals surface area contributed by atoms with E-state index in [4.69, 9.17) is 0 Å². The first kappa shape index (κ1) is 15.9. The summed E-state index contributed by atoms with van der Waals surface area (Å²) in [6.45, 7) is 5.65. The van der Waals surface area contributed by atoms with Crippen LogP contribution in [0, 0.1) is 13.0 Å². The van der Waals surface area contributed by atoms with Crippen molar-refractivity contribution in [1.29, 1.82) is 0 Å².